The average Bonchev–Trinajstić information content (AvgIpc) is 3.00. The number of pyridine rings is 2. The topological polar surface area (TPSA) is 69.6 Å². The molecule has 5 nitrogen and oxygen atoms in total. The van der Waals surface area contributed by atoms with Crippen LogP contribution in [0.1, 0.15) is 5.56 Å². The maximum atomic E-state index is 6.20. The van der Waals surface area contributed by atoms with Crippen molar-refractivity contribution in [2.75, 3.05) is 5.73 Å². The first-order valence-corrected chi connectivity index (χ1v) is 7.37. The van der Waals surface area contributed by atoms with Crippen molar-refractivity contribution in [3.05, 3.63) is 72.7 Å². The summed E-state index contributed by atoms with van der Waals surface area (Å²) in [7, 11) is 0. The zero-order chi connectivity index (χ0) is 15.6. The first-order valence-electron chi connectivity index (χ1n) is 7.37. The minimum absolute atomic E-state index is 0.636. The van der Waals surface area contributed by atoms with Crippen LogP contribution in [0.4, 0.5) is 5.69 Å². The second kappa shape index (κ2) is 5.53. The predicted octanol–water partition coefficient (Wildman–Crippen LogP) is 3.12. The molecule has 0 unspecified atom stereocenters. The Morgan fingerprint density at radius 3 is 2.57 bits per heavy atom. The molecule has 0 fully saturated rings. The van der Waals surface area contributed by atoms with Gasteiger partial charge in [0.15, 0.2) is 5.65 Å². The van der Waals surface area contributed by atoms with Crippen LogP contribution in [0.2, 0.25) is 0 Å². The van der Waals surface area contributed by atoms with Gasteiger partial charge in [0.25, 0.3) is 0 Å². The van der Waals surface area contributed by atoms with Gasteiger partial charge in [-0.2, -0.15) is 5.10 Å². The highest BCUT2D eigenvalue weighted by atomic mass is 15.3. The molecule has 0 aliphatic carbocycles. The Hall–Kier alpha value is -3.21. The van der Waals surface area contributed by atoms with Crippen molar-refractivity contribution in [3.63, 3.8) is 0 Å². The Kier molecular flexibility index (Phi) is 3.24. The van der Waals surface area contributed by atoms with Crippen LogP contribution in [0.3, 0.4) is 0 Å². The lowest BCUT2D eigenvalue weighted by atomic mass is 10.1. The predicted molar refractivity (Wildman–Crippen MR) is 90.7 cm³/mol. The molecule has 2 N–H and O–H groups in total. The fourth-order valence-electron chi connectivity index (χ4n) is 2.61. The normalized spacial score (nSPS) is 11.0. The van der Waals surface area contributed by atoms with Gasteiger partial charge in [0.1, 0.15) is 0 Å². The highest BCUT2D eigenvalue weighted by Gasteiger charge is 2.11. The molecule has 4 rings (SSSR count). The Morgan fingerprint density at radius 2 is 1.78 bits per heavy atom. The van der Waals surface area contributed by atoms with E-state index in [-0.39, 0.29) is 0 Å². The molecule has 0 radical (unpaired) electrons. The van der Waals surface area contributed by atoms with Crippen molar-refractivity contribution in [2.24, 2.45) is 0 Å². The van der Waals surface area contributed by atoms with Crippen molar-refractivity contribution in [1.29, 1.82) is 0 Å². The molecule has 0 amide bonds. The van der Waals surface area contributed by atoms with Crippen molar-refractivity contribution >= 4 is 16.7 Å². The number of nitrogen functional groups attached to an aromatic ring is 1. The number of fused-ring (bicyclic) bond motifs is 1. The molecule has 4 aromatic rings. The molecule has 0 bridgehead atoms. The standard InChI is InChI=1S/C18H15N5/c19-16-10-17(14-4-2-1-3-5-14)22-18-15(16)11-21-23(18)12-13-6-8-20-9-7-13/h1-11H,12H2,(H2,19,22). The molecule has 0 aliphatic heterocycles. The van der Waals surface area contributed by atoms with Gasteiger partial charge in [-0.25, -0.2) is 9.67 Å². The van der Waals surface area contributed by atoms with E-state index in [2.05, 4.69) is 10.1 Å². The molecule has 0 atom stereocenters. The summed E-state index contributed by atoms with van der Waals surface area (Å²) in [5.74, 6) is 0. The number of nitrogens with zero attached hydrogens (tertiary/aromatic N) is 4. The summed E-state index contributed by atoms with van der Waals surface area (Å²) in [6.07, 6.45) is 5.32. The van der Waals surface area contributed by atoms with Crippen LogP contribution < -0.4 is 5.73 Å². The minimum atomic E-state index is 0.636. The van der Waals surface area contributed by atoms with Gasteiger partial charge >= 0.3 is 0 Å². The van der Waals surface area contributed by atoms with E-state index in [0.717, 1.165) is 27.9 Å². The van der Waals surface area contributed by atoms with E-state index in [1.54, 1.807) is 18.6 Å². The van der Waals surface area contributed by atoms with Gasteiger partial charge < -0.3 is 5.73 Å². The van der Waals surface area contributed by atoms with Gasteiger partial charge in [0.2, 0.25) is 0 Å². The highest BCUT2D eigenvalue weighted by Crippen LogP contribution is 2.26. The number of hydrogen-bond donors (Lipinski definition) is 1. The minimum Gasteiger partial charge on any atom is -0.398 e. The van der Waals surface area contributed by atoms with Crippen LogP contribution in [0.25, 0.3) is 22.3 Å². The number of anilines is 1. The Labute approximate surface area is 133 Å². The highest BCUT2D eigenvalue weighted by molar-refractivity contribution is 5.90. The van der Waals surface area contributed by atoms with Crippen LogP contribution in [0, 0.1) is 0 Å². The number of hydrogen-bond acceptors (Lipinski definition) is 4. The van der Waals surface area contributed by atoms with Crippen LogP contribution in [0.5, 0.6) is 0 Å². The van der Waals surface area contributed by atoms with Gasteiger partial charge in [-0.15, -0.1) is 0 Å². The molecule has 23 heavy (non-hydrogen) atoms. The first kappa shape index (κ1) is 13.5. The van der Waals surface area contributed by atoms with E-state index in [1.807, 2.05) is 53.2 Å². The second-order valence-electron chi connectivity index (χ2n) is 5.36. The van der Waals surface area contributed by atoms with Crippen LogP contribution in [-0.2, 0) is 6.54 Å². The van der Waals surface area contributed by atoms with Crippen LogP contribution >= 0.6 is 0 Å². The fourth-order valence-corrected chi connectivity index (χ4v) is 2.61. The number of rotatable bonds is 3. The number of aromatic nitrogens is 4. The lowest BCUT2D eigenvalue weighted by Gasteiger charge is -2.07. The summed E-state index contributed by atoms with van der Waals surface area (Å²) >= 11 is 0. The van der Waals surface area contributed by atoms with Crippen molar-refractivity contribution < 1.29 is 0 Å². The lowest BCUT2D eigenvalue weighted by molar-refractivity contribution is 0.704. The second-order valence-corrected chi connectivity index (χ2v) is 5.36. The maximum Gasteiger partial charge on any atom is 0.160 e. The average molecular weight is 301 g/mol. The lowest BCUT2D eigenvalue weighted by Crippen LogP contribution is -2.03. The fraction of sp³-hybridized carbons (Fsp3) is 0.0556. The summed E-state index contributed by atoms with van der Waals surface area (Å²) in [6, 6.07) is 15.9. The zero-order valence-corrected chi connectivity index (χ0v) is 12.4. The smallest absolute Gasteiger partial charge is 0.160 e. The van der Waals surface area contributed by atoms with E-state index in [9.17, 15) is 0 Å². The summed E-state index contributed by atoms with van der Waals surface area (Å²) in [5.41, 5.74) is 10.7. The summed E-state index contributed by atoms with van der Waals surface area (Å²) in [4.78, 5) is 8.81. The molecule has 3 heterocycles. The summed E-state index contributed by atoms with van der Waals surface area (Å²) in [6.45, 7) is 0.636. The molecule has 5 heteroatoms. The molecular weight excluding hydrogens is 286 g/mol. The number of nitrogens with two attached hydrogens (primary N) is 1. The van der Waals surface area contributed by atoms with Crippen LogP contribution in [0.15, 0.2) is 67.1 Å². The largest absolute Gasteiger partial charge is 0.398 e. The third kappa shape index (κ3) is 2.53. The zero-order valence-electron chi connectivity index (χ0n) is 12.4. The van der Waals surface area contributed by atoms with Crippen LogP contribution in [-0.4, -0.2) is 19.7 Å². The van der Waals surface area contributed by atoms with Crippen molar-refractivity contribution in [3.8, 4) is 11.3 Å². The van der Waals surface area contributed by atoms with E-state index < -0.39 is 0 Å². The third-order valence-electron chi connectivity index (χ3n) is 3.79. The quantitative estimate of drug-likeness (QED) is 0.631. The Balaban J connectivity index is 1.82. The van der Waals surface area contributed by atoms with Crippen molar-refractivity contribution in [1.82, 2.24) is 19.7 Å². The Bertz CT molecular complexity index is 945. The number of benzene rings is 1. The van der Waals surface area contributed by atoms with E-state index >= 15 is 0 Å². The monoisotopic (exact) mass is 301 g/mol. The van der Waals surface area contributed by atoms with Gasteiger partial charge in [0, 0.05) is 23.6 Å². The van der Waals surface area contributed by atoms with Gasteiger partial charge in [-0.1, -0.05) is 30.3 Å². The molecule has 0 saturated carbocycles. The maximum absolute atomic E-state index is 6.20. The molecule has 0 aliphatic rings. The summed E-state index contributed by atoms with van der Waals surface area (Å²) < 4.78 is 1.87. The SMILES string of the molecule is Nc1cc(-c2ccccc2)nc2c1cnn2Cc1ccncc1. The van der Waals surface area contributed by atoms with Gasteiger partial charge in [0.05, 0.1) is 23.8 Å². The molecule has 3 aromatic heterocycles. The summed E-state index contributed by atoms with van der Waals surface area (Å²) in [5, 5.41) is 5.31. The van der Waals surface area contributed by atoms with Gasteiger partial charge in [-0.3, -0.25) is 4.98 Å². The van der Waals surface area contributed by atoms with E-state index in [4.69, 9.17) is 10.7 Å². The third-order valence-corrected chi connectivity index (χ3v) is 3.79. The first-order chi connectivity index (χ1) is 11.3. The van der Waals surface area contributed by atoms with Gasteiger partial charge in [-0.05, 0) is 23.8 Å². The van der Waals surface area contributed by atoms with E-state index in [0.29, 0.717) is 12.2 Å². The molecule has 1 aromatic carbocycles. The van der Waals surface area contributed by atoms with E-state index in [1.165, 1.54) is 0 Å². The molecular formula is C18H15N5. The molecule has 0 saturated heterocycles. The molecule has 112 valence electrons. The molecule has 0 spiro atoms. The Morgan fingerprint density at radius 1 is 1.00 bits per heavy atom. The van der Waals surface area contributed by atoms with Crippen molar-refractivity contribution in [2.45, 2.75) is 6.54 Å².